The van der Waals surface area contributed by atoms with Crippen LogP contribution in [-0.4, -0.2) is 28.9 Å². The number of nitrogens with one attached hydrogen (secondary N) is 1. The number of aryl methyl sites for hydroxylation is 1. The summed E-state index contributed by atoms with van der Waals surface area (Å²) in [5, 5.41) is 12.6. The highest BCUT2D eigenvalue weighted by atomic mass is 16.6. The molecule has 1 aromatic rings. The van der Waals surface area contributed by atoms with Crippen molar-refractivity contribution in [3.8, 4) is 0 Å². The van der Waals surface area contributed by atoms with Gasteiger partial charge in [-0.1, -0.05) is 13.8 Å². The summed E-state index contributed by atoms with van der Waals surface area (Å²) < 4.78 is 5.09. The fraction of sp³-hybridized carbons (Fsp3) is 0.357. The Morgan fingerprint density at radius 1 is 1.30 bits per heavy atom. The summed E-state index contributed by atoms with van der Waals surface area (Å²) in [6.07, 6.45) is -1.22. The van der Waals surface area contributed by atoms with Gasteiger partial charge in [-0.05, 0) is 25.0 Å². The number of carbonyl (C=O) groups excluding carboxylic acids is 3. The van der Waals surface area contributed by atoms with E-state index in [1.807, 2.05) is 5.32 Å². The minimum absolute atomic E-state index is 0.0608. The second-order valence-electron chi connectivity index (χ2n) is 5.18. The first-order chi connectivity index (χ1) is 10.6. The second kappa shape index (κ2) is 7.34. The maximum atomic E-state index is 12.1. The van der Waals surface area contributed by atoms with Crippen molar-refractivity contribution in [2.75, 3.05) is 0 Å². The van der Waals surface area contributed by atoms with Gasteiger partial charge in [0.1, 0.15) is 0 Å². The first kappa shape index (κ1) is 18.1. The van der Waals surface area contributed by atoms with Crippen molar-refractivity contribution in [2.45, 2.75) is 26.9 Å². The van der Waals surface area contributed by atoms with E-state index in [0.29, 0.717) is 0 Å². The molecule has 3 N–H and O–H groups in total. The normalized spacial score (nSPS) is 11.7. The van der Waals surface area contributed by atoms with Gasteiger partial charge in [-0.2, -0.15) is 0 Å². The van der Waals surface area contributed by atoms with E-state index in [4.69, 9.17) is 10.5 Å². The first-order valence-corrected chi connectivity index (χ1v) is 6.69. The van der Waals surface area contributed by atoms with E-state index >= 15 is 0 Å². The molecule has 124 valence electrons. The number of benzene rings is 1. The number of nitro groups is 1. The number of amides is 3. The Hall–Kier alpha value is -2.97. The summed E-state index contributed by atoms with van der Waals surface area (Å²) in [6, 6.07) is 2.66. The summed E-state index contributed by atoms with van der Waals surface area (Å²) >= 11 is 0. The topological polar surface area (TPSA) is 142 Å². The number of rotatable bonds is 5. The minimum atomic E-state index is -1.22. The molecule has 0 aliphatic rings. The number of urea groups is 1. The highest BCUT2D eigenvalue weighted by Crippen LogP contribution is 2.20. The molecule has 0 unspecified atom stereocenters. The lowest BCUT2D eigenvalue weighted by molar-refractivity contribution is -0.385. The lowest BCUT2D eigenvalue weighted by Crippen LogP contribution is -2.45. The van der Waals surface area contributed by atoms with Gasteiger partial charge in [-0.15, -0.1) is 0 Å². The largest absolute Gasteiger partial charge is 0.448 e. The van der Waals surface area contributed by atoms with Gasteiger partial charge in [0.25, 0.3) is 11.6 Å². The smallest absolute Gasteiger partial charge is 0.338 e. The van der Waals surface area contributed by atoms with E-state index < -0.39 is 34.9 Å². The van der Waals surface area contributed by atoms with Crippen LogP contribution in [0.3, 0.4) is 0 Å². The molecular formula is C14H17N3O6. The van der Waals surface area contributed by atoms with E-state index in [1.165, 1.54) is 25.1 Å². The molecule has 0 radical (unpaired) electrons. The van der Waals surface area contributed by atoms with Crippen LogP contribution in [0.1, 0.15) is 29.8 Å². The van der Waals surface area contributed by atoms with Crippen LogP contribution in [0.5, 0.6) is 0 Å². The molecule has 1 aromatic carbocycles. The monoisotopic (exact) mass is 323 g/mol. The van der Waals surface area contributed by atoms with Crippen LogP contribution < -0.4 is 11.1 Å². The van der Waals surface area contributed by atoms with Gasteiger partial charge in [-0.3, -0.25) is 20.2 Å². The zero-order chi connectivity index (χ0) is 17.7. The molecule has 0 fully saturated rings. The first-order valence-electron chi connectivity index (χ1n) is 6.69. The molecular weight excluding hydrogens is 306 g/mol. The number of nitrogens with two attached hydrogens (primary N) is 1. The van der Waals surface area contributed by atoms with Crippen LogP contribution in [0.15, 0.2) is 18.2 Å². The van der Waals surface area contributed by atoms with E-state index in [9.17, 15) is 24.5 Å². The molecule has 9 heteroatoms. The third-order valence-electron chi connectivity index (χ3n) is 2.97. The number of nitrogens with zero attached hydrogens (tertiary/aromatic N) is 1. The van der Waals surface area contributed by atoms with Crippen molar-refractivity contribution in [1.29, 1.82) is 0 Å². The molecule has 0 aromatic heterocycles. The van der Waals surface area contributed by atoms with Crippen LogP contribution in [0, 0.1) is 23.0 Å². The van der Waals surface area contributed by atoms with Gasteiger partial charge in [0.2, 0.25) is 0 Å². The molecule has 1 rings (SSSR count). The summed E-state index contributed by atoms with van der Waals surface area (Å²) in [5.74, 6) is -2.07. The standard InChI is InChI=1S/C14H17N3O6/c1-7(2)11(12(18)16-14(15)20)23-13(19)9-4-5-10(17(21)22)8(3)6-9/h4-7,11H,1-3H3,(H3,15,16,18,20)/t11-/m0/s1. The fourth-order valence-electron chi connectivity index (χ4n) is 1.86. The number of hydrogen-bond acceptors (Lipinski definition) is 6. The molecule has 0 heterocycles. The third-order valence-corrected chi connectivity index (χ3v) is 2.97. The van der Waals surface area contributed by atoms with Crippen molar-refractivity contribution in [3.63, 3.8) is 0 Å². The molecule has 0 saturated heterocycles. The lowest BCUT2D eigenvalue weighted by atomic mass is 10.1. The Bertz CT molecular complexity index is 656. The Kier molecular flexibility index (Phi) is 5.77. The molecule has 0 bridgehead atoms. The van der Waals surface area contributed by atoms with Gasteiger partial charge in [0, 0.05) is 11.6 Å². The number of hydrogen-bond donors (Lipinski definition) is 2. The fourth-order valence-corrected chi connectivity index (χ4v) is 1.86. The number of nitro benzene ring substituents is 1. The predicted octanol–water partition coefficient (Wildman–Crippen LogP) is 1.28. The van der Waals surface area contributed by atoms with Crippen molar-refractivity contribution in [2.24, 2.45) is 11.7 Å². The minimum Gasteiger partial charge on any atom is -0.448 e. The van der Waals surface area contributed by atoms with E-state index in [0.717, 1.165) is 0 Å². The van der Waals surface area contributed by atoms with Crippen LogP contribution in [0.4, 0.5) is 10.5 Å². The number of esters is 1. The van der Waals surface area contributed by atoms with Crippen LogP contribution >= 0.6 is 0 Å². The second-order valence-corrected chi connectivity index (χ2v) is 5.18. The Morgan fingerprint density at radius 2 is 1.91 bits per heavy atom. The Morgan fingerprint density at radius 3 is 2.35 bits per heavy atom. The molecule has 0 spiro atoms. The Labute approximate surface area is 131 Å². The summed E-state index contributed by atoms with van der Waals surface area (Å²) in [5.41, 5.74) is 5.08. The SMILES string of the molecule is Cc1cc(C(=O)O[C@H](C(=O)NC(N)=O)C(C)C)ccc1[N+](=O)[O-]. The van der Waals surface area contributed by atoms with Gasteiger partial charge >= 0.3 is 12.0 Å². The highest BCUT2D eigenvalue weighted by Gasteiger charge is 2.28. The van der Waals surface area contributed by atoms with Crippen molar-refractivity contribution >= 4 is 23.6 Å². The maximum Gasteiger partial charge on any atom is 0.338 e. The van der Waals surface area contributed by atoms with Gasteiger partial charge < -0.3 is 10.5 Å². The van der Waals surface area contributed by atoms with Gasteiger partial charge in [0.05, 0.1) is 10.5 Å². The quantitative estimate of drug-likeness (QED) is 0.475. The lowest BCUT2D eigenvalue weighted by Gasteiger charge is -2.19. The van der Waals surface area contributed by atoms with Crippen LogP contribution in [0.25, 0.3) is 0 Å². The molecule has 1 atom stereocenters. The number of ether oxygens (including phenoxy) is 1. The summed E-state index contributed by atoms with van der Waals surface area (Å²) in [6.45, 7) is 4.73. The maximum absolute atomic E-state index is 12.1. The molecule has 23 heavy (non-hydrogen) atoms. The Balaban J connectivity index is 2.95. The van der Waals surface area contributed by atoms with Crippen molar-refractivity contribution in [3.05, 3.63) is 39.4 Å². The van der Waals surface area contributed by atoms with E-state index in [1.54, 1.807) is 13.8 Å². The molecule has 0 aliphatic carbocycles. The highest BCUT2D eigenvalue weighted by molar-refractivity contribution is 5.98. The van der Waals surface area contributed by atoms with E-state index in [-0.39, 0.29) is 16.8 Å². The third kappa shape index (κ3) is 4.77. The summed E-state index contributed by atoms with van der Waals surface area (Å²) in [4.78, 5) is 44.8. The predicted molar refractivity (Wildman–Crippen MR) is 79.6 cm³/mol. The van der Waals surface area contributed by atoms with Crippen molar-refractivity contribution in [1.82, 2.24) is 5.32 Å². The number of imide groups is 1. The summed E-state index contributed by atoms with van der Waals surface area (Å²) in [7, 11) is 0. The zero-order valence-corrected chi connectivity index (χ0v) is 12.9. The zero-order valence-electron chi connectivity index (χ0n) is 12.9. The van der Waals surface area contributed by atoms with Gasteiger partial charge in [-0.25, -0.2) is 9.59 Å². The number of carbonyl (C=O) groups is 3. The molecule has 9 nitrogen and oxygen atoms in total. The average molecular weight is 323 g/mol. The van der Waals surface area contributed by atoms with Crippen molar-refractivity contribution < 1.29 is 24.0 Å². The number of primary amides is 1. The average Bonchev–Trinajstić information content (AvgIpc) is 2.42. The molecule has 3 amide bonds. The molecule has 0 saturated carbocycles. The van der Waals surface area contributed by atoms with Crippen LogP contribution in [-0.2, 0) is 9.53 Å². The van der Waals surface area contributed by atoms with Gasteiger partial charge in [0.15, 0.2) is 6.10 Å². The van der Waals surface area contributed by atoms with Crippen LogP contribution in [0.2, 0.25) is 0 Å². The van der Waals surface area contributed by atoms with E-state index in [2.05, 4.69) is 0 Å². The molecule has 0 aliphatic heterocycles.